The Morgan fingerprint density at radius 1 is 1.24 bits per heavy atom. The monoisotopic (exact) mass is 286 g/mol. The molecule has 0 unspecified atom stereocenters. The first-order valence-electron chi connectivity index (χ1n) is 6.17. The second-order valence-electron chi connectivity index (χ2n) is 4.35. The molecule has 1 aromatic carbocycles. The Morgan fingerprint density at radius 2 is 2.00 bits per heavy atom. The van der Waals surface area contributed by atoms with E-state index >= 15 is 0 Å². The van der Waals surface area contributed by atoms with Crippen LogP contribution in [0.5, 0.6) is 0 Å². The van der Waals surface area contributed by atoms with Gasteiger partial charge in [-0.2, -0.15) is 0 Å². The molecule has 0 amide bonds. The van der Waals surface area contributed by atoms with Gasteiger partial charge in [0.1, 0.15) is 11.4 Å². The maximum absolute atomic E-state index is 11.7. The van der Waals surface area contributed by atoms with Crippen LogP contribution in [0.3, 0.4) is 0 Å². The van der Waals surface area contributed by atoms with Crippen molar-refractivity contribution >= 4 is 23.4 Å². The number of carboxylic acids is 1. The topological polar surface area (TPSA) is 88.5 Å². The summed E-state index contributed by atoms with van der Waals surface area (Å²) < 4.78 is 4.68. The molecule has 0 bridgehead atoms. The van der Waals surface area contributed by atoms with Crippen LogP contribution >= 0.6 is 0 Å². The van der Waals surface area contributed by atoms with Crippen molar-refractivity contribution in [2.45, 2.75) is 6.92 Å². The molecule has 1 aromatic heterocycles. The fourth-order valence-corrected chi connectivity index (χ4v) is 1.85. The summed E-state index contributed by atoms with van der Waals surface area (Å²) in [6.07, 6.45) is 1.53. The lowest BCUT2D eigenvalue weighted by atomic mass is 10.1. The number of methoxy groups -OCH3 is 1. The smallest absolute Gasteiger partial charge is 0.341 e. The quantitative estimate of drug-likeness (QED) is 0.840. The van der Waals surface area contributed by atoms with Crippen LogP contribution in [0.1, 0.15) is 26.3 Å². The number of aryl methyl sites for hydroxylation is 1. The number of nitrogens with one attached hydrogen (secondary N) is 1. The molecule has 0 atom stereocenters. The van der Waals surface area contributed by atoms with Gasteiger partial charge in [0.25, 0.3) is 0 Å². The maximum Gasteiger partial charge on any atom is 0.341 e. The zero-order valence-electron chi connectivity index (χ0n) is 11.6. The Hall–Kier alpha value is -2.89. The van der Waals surface area contributed by atoms with Crippen LogP contribution in [-0.4, -0.2) is 29.1 Å². The van der Waals surface area contributed by atoms with Crippen LogP contribution in [-0.2, 0) is 4.74 Å². The van der Waals surface area contributed by atoms with Crippen LogP contribution < -0.4 is 5.32 Å². The minimum absolute atomic E-state index is 0.190. The lowest BCUT2D eigenvalue weighted by Crippen LogP contribution is -2.07. The second-order valence-corrected chi connectivity index (χ2v) is 4.35. The van der Waals surface area contributed by atoms with Gasteiger partial charge in [-0.15, -0.1) is 0 Å². The molecule has 0 fully saturated rings. The van der Waals surface area contributed by atoms with E-state index in [1.165, 1.54) is 19.4 Å². The van der Waals surface area contributed by atoms with Crippen molar-refractivity contribution in [2.24, 2.45) is 0 Å². The molecule has 1 heterocycles. The van der Waals surface area contributed by atoms with E-state index in [9.17, 15) is 9.59 Å². The Morgan fingerprint density at radius 3 is 2.67 bits per heavy atom. The molecule has 0 radical (unpaired) electrons. The number of hydrogen-bond acceptors (Lipinski definition) is 5. The number of carboxylic acid groups (broad SMARTS) is 1. The number of pyridine rings is 1. The van der Waals surface area contributed by atoms with Crippen LogP contribution in [0.2, 0.25) is 0 Å². The van der Waals surface area contributed by atoms with E-state index in [1.54, 1.807) is 31.2 Å². The number of hydrogen-bond donors (Lipinski definition) is 2. The highest BCUT2D eigenvalue weighted by molar-refractivity contribution is 5.96. The molecule has 0 spiro atoms. The van der Waals surface area contributed by atoms with Gasteiger partial charge in [-0.05, 0) is 36.8 Å². The maximum atomic E-state index is 11.7. The number of nitrogens with zero attached hydrogens (tertiary/aromatic N) is 1. The first kappa shape index (κ1) is 14.5. The van der Waals surface area contributed by atoms with E-state index in [1.807, 2.05) is 0 Å². The Balaban J connectivity index is 2.37. The van der Waals surface area contributed by atoms with E-state index < -0.39 is 11.9 Å². The Kier molecular flexibility index (Phi) is 4.18. The molecule has 0 aliphatic rings. The zero-order chi connectivity index (χ0) is 15.4. The average molecular weight is 286 g/mol. The molecular weight excluding hydrogens is 272 g/mol. The number of aromatic carboxylic acids is 1. The molecule has 108 valence electrons. The van der Waals surface area contributed by atoms with Crippen molar-refractivity contribution in [3.63, 3.8) is 0 Å². The molecule has 6 heteroatoms. The van der Waals surface area contributed by atoms with Gasteiger partial charge in [-0.3, -0.25) is 0 Å². The summed E-state index contributed by atoms with van der Waals surface area (Å²) >= 11 is 0. The first-order chi connectivity index (χ1) is 10.0. The third-order valence-electron chi connectivity index (χ3n) is 2.94. The van der Waals surface area contributed by atoms with Gasteiger partial charge >= 0.3 is 11.9 Å². The van der Waals surface area contributed by atoms with E-state index in [-0.39, 0.29) is 11.1 Å². The van der Waals surface area contributed by atoms with E-state index in [2.05, 4.69) is 15.0 Å². The predicted octanol–water partition coefficient (Wildman–Crippen LogP) is 2.62. The summed E-state index contributed by atoms with van der Waals surface area (Å²) in [6.45, 7) is 1.72. The molecule has 2 rings (SSSR count). The summed E-state index contributed by atoms with van der Waals surface area (Å²) in [5, 5.41) is 12.1. The van der Waals surface area contributed by atoms with Crippen molar-refractivity contribution in [1.29, 1.82) is 0 Å². The zero-order valence-corrected chi connectivity index (χ0v) is 11.6. The number of carbonyl (C=O) groups excluding carboxylic acids is 1. The number of rotatable bonds is 4. The molecule has 2 N–H and O–H groups in total. The van der Waals surface area contributed by atoms with Gasteiger partial charge < -0.3 is 15.2 Å². The minimum Gasteiger partial charge on any atom is -0.478 e. The van der Waals surface area contributed by atoms with Crippen molar-refractivity contribution < 1.29 is 19.4 Å². The Labute approximate surface area is 121 Å². The normalized spacial score (nSPS) is 10.0. The number of benzene rings is 1. The fraction of sp³-hybridized carbons (Fsp3) is 0.133. The number of carbonyl (C=O) groups is 2. The minimum atomic E-state index is -1.01. The first-order valence-corrected chi connectivity index (χ1v) is 6.17. The average Bonchev–Trinajstić information content (AvgIpc) is 2.48. The third kappa shape index (κ3) is 3.17. The van der Waals surface area contributed by atoms with Crippen molar-refractivity contribution in [2.75, 3.05) is 12.4 Å². The second kappa shape index (κ2) is 6.04. The molecule has 2 aromatic rings. The number of anilines is 2. The molecule has 0 aliphatic carbocycles. The highest BCUT2D eigenvalue weighted by Gasteiger charge is 2.14. The van der Waals surface area contributed by atoms with Crippen LogP contribution in [0.4, 0.5) is 11.5 Å². The number of aromatic nitrogens is 1. The number of ether oxygens (including phenoxy) is 1. The largest absolute Gasteiger partial charge is 0.478 e. The lowest BCUT2D eigenvalue weighted by molar-refractivity contribution is 0.0600. The summed E-state index contributed by atoms with van der Waals surface area (Å²) in [5.41, 5.74) is 1.65. The van der Waals surface area contributed by atoms with E-state index in [0.29, 0.717) is 17.1 Å². The van der Waals surface area contributed by atoms with Gasteiger partial charge in [-0.1, -0.05) is 6.07 Å². The highest BCUT2D eigenvalue weighted by atomic mass is 16.5. The van der Waals surface area contributed by atoms with Crippen molar-refractivity contribution in [1.82, 2.24) is 4.98 Å². The fourth-order valence-electron chi connectivity index (χ4n) is 1.85. The molecular formula is C15H14N2O4. The Bertz CT molecular complexity index is 698. The molecule has 21 heavy (non-hydrogen) atoms. The third-order valence-corrected chi connectivity index (χ3v) is 2.94. The van der Waals surface area contributed by atoms with Gasteiger partial charge in [0, 0.05) is 11.9 Å². The SMILES string of the molecule is COC(=O)c1cccnc1Nc1ccc(C)c(C(=O)O)c1. The highest BCUT2D eigenvalue weighted by Crippen LogP contribution is 2.21. The molecule has 0 saturated carbocycles. The summed E-state index contributed by atoms with van der Waals surface area (Å²) in [6, 6.07) is 8.10. The molecule has 6 nitrogen and oxygen atoms in total. The number of esters is 1. The summed E-state index contributed by atoms with van der Waals surface area (Å²) in [4.78, 5) is 26.9. The predicted molar refractivity (Wildman–Crippen MR) is 77.0 cm³/mol. The van der Waals surface area contributed by atoms with Crippen LogP contribution in [0.15, 0.2) is 36.5 Å². The van der Waals surface area contributed by atoms with Crippen molar-refractivity contribution in [3.05, 3.63) is 53.2 Å². The van der Waals surface area contributed by atoms with Gasteiger partial charge in [0.2, 0.25) is 0 Å². The van der Waals surface area contributed by atoms with E-state index in [0.717, 1.165) is 0 Å². The molecule has 0 aliphatic heterocycles. The van der Waals surface area contributed by atoms with E-state index in [4.69, 9.17) is 5.11 Å². The standard InChI is InChI=1S/C15H14N2O4/c1-9-5-6-10(8-12(9)14(18)19)17-13-11(15(20)21-2)4-3-7-16-13/h3-8H,1-2H3,(H,16,17)(H,18,19). The van der Waals surface area contributed by atoms with Crippen LogP contribution in [0, 0.1) is 6.92 Å². The van der Waals surface area contributed by atoms with Gasteiger partial charge in [-0.25, -0.2) is 14.6 Å². The lowest BCUT2D eigenvalue weighted by Gasteiger charge is -2.11. The van der Waals surface area contributed by atoms with Crippen molar-refractivity contribution in [3.8, 4) is 0 Å². The summed E-state index contributed by atoms with van der Waals surface area (Å²) in [5.74, 6) is -1.22. The van der Waals surface area contributed by atoms with Crippen LogP contribution in [0.25, 0.3) is 0 Å². The van der Waals surface area contributed by atoms with Gasteiger partial charge in [0.05, 0.1) is 12.7 Å². The van der Waals surface area contributed by atoms with Gasteiger partial charge in [0.15, 0.2) is 0 Å². The summed E-state index contributed by atoms with van der Waals surface area (Å²) in [7, 11) is 1.29. The molecule has 0 saturated heterocycles.